The van der Waals surface area contributed by atoms with Crippen molar-refractivity contribution >= 4 is 21.8 Å². The fourth-order valence-electron chi connectivity index (χ4n) is 4.09. The maximum Gasteiger partial charge on any atom is 0.237 e. The monoisotopic (exact) mass is 343 g/mol. The van der Waals surface area contributed by atoms with Crippen LogP contribution >= 0.6 is 15.9 Å². The molecule has 4 unspecified atom stereocenters. The minimum absolute atomic E-state index is 0.0127. The number of amides is 1. The lowest BCUT2D eigenvalue weighted by Gasteiger charge is -2.30. The Labute approximate surface area is 129 Å². The average Bonchev–Trinajstić information content (AvgIpc) is 2.87. The molecular weight excluding hydrogens is 318 g/mol. The molecule has 1 heterocycles. The highest BCUT2D eigenvalue weighted by atomic mass is 79.9. The smallest absolute Gasteiger partial charge is 0.237 e. The second-order valence-corrected chi connectivity index (χ2v) is 7.98. The third-order valence-corrected chi connectivity index (χ3v) is 6.35. The van der Waals surface area contributed by atoms with E-state index in [2.05, 4.69) is 26.6 Å². The van der Waals surface area contributed by atoms with Gasteiger partial charge in [0.05, 0.1) is 6.04 Å². The van der Waals surface area contributed by atoms with Gasteiger partial charge in [-0.25, -0.2) is 0 Å². The fraction of sp³-hybridized carbons (Fsp3) is 0.933. The van der Waals surface area contributed by atoms with E-state index in [1.165, 1.54) is 19.3 Å². The van der Waals surface area contributed by atoms with Gasteiger partial charge in [0.15, 0.2) is 0 Å². The zero-order valence-electron chi connectivity index (χ0n) is 12.0. The summed E-state index contributed by atoms with van der Waals surface area (Å²) in [4.78, 5) is 13.0. The first kappa shape index (κ1) is 14.8. The van der Waals surface area contributed by atoms with Crippen LogP contribution in [-0.2, 0) is 4.79 Å². The number of alkyl halides is 1. The third kappa shape index (κ3) is 3.20. The van der Waals surface area contributed by atoms with Crippen molar-refractivity contribution in [2.45, 2.75) is 80.4 Å². The van der Waals surface area contributed by atoms with Crippen LogP contribution in [0.4, 0.5) is 0 Å². The van der Waals surface area contributed by atoms with Gasteiger partial charge < -0.3 is 16.4 Å². The standard InChI is InChI=1S/C15H26BrN3O/c16-12-3-1-2-9-8-13(19-14(9)12)15(20)18-11-6-4-10(17)5-7-11/h9-14,19H,1-8,17H2,(H,18,20). The zero-order chi connectivity index (χ0) is 14.1. The quantitative estimate of drug-likeness (QED) is 0.668. The van der Waals surface area contributed by atoms with Crippen LogP contribution in [0.5, 0.6) is 0 Å². The van der Waals surface area contributed by atoms with E-state index >= 15 is 0 Å². The Morgan fingerprint density at radius 3 is 2.60 bits per heavy atom. The normalized spacial score (nSPS) is 44.9. The van der Waals surface area contributed by atoms with E-state index in [4.69, 9.17) is 5.73 Å². The molecule has 4 atom stereocenters. The van der Waals surface area contributed by atoms with Crippen molar-refractivity contribution in [3.63, 3.8) is 0 Å². The first-order valence-corrected chi connectivity index (χ1v) is 9.01. The Balaban J connectivity index is 1.51. The summed E-state index contributed by atoms with van der Waals surface area (Å²) < 4.78 is 0. The Morgan fingerprint density at radius 2 is 1.90 bits per heavy atom. The first-order chi connectivity index (χ1) is 9.63. The molecule has 4 nitrogen and oxygen atoms in total. The molecule has 1 saturated heterocycles. The second kappa shape index (κ2) is 6.32. The van der Waals surface area contributed by atoms with Crippen LogP contribution in [-0.4, -0.2) is 34.9 Å². The Hall–Kier alpha value is -0.130. The van der Waals surface area contributed by atoms with Gasteiger partial charge in [0.2, 0.25) is 5.91 Å². The summed E-state index contributed by atoms with van der Waals surface area (Å²) in [6, 6.07) is 1.18. The molecule has 0 aromatic carbocycles. The van der Waals surface area contributed by atoms with Gasteiger partial charge in [-0.1, -0.05) is 22.4 Å². The average molecular weight is 344 g/mol. The molecule has 4 N–H and O–H groups in total. The van der Waals surface area contributed by atoms with Crippen molar-refractivity contribution in [2.24, 2.45) is 11.7 Å². The second-order valence-electron chi connectivity index (χ2n) is 6.81. The van der Waals surface area contributed by atoms with E-state index in [9.17, 15) is 4.79 Å². The molecule has 2 saturated carbocycles. The summed E-state index contributed by atoms with van der Waals surface area (Å²) >= 11 is 3.77. The topological polar surface area (TPSA) is 67.1 Å². The molecular formula is C15H26BrN3O. The largest absolute Gasteiger partial charge is 0.352 e. The Kier molecular flexibility index (Phi) is 4.68. The van der Waals surface area contributed by atoms with Gasteiger partial charge in [0, 0.05) is 23.0 Å². The summed E-state index contributed by atoms with van der Waals surface area (Å²) in [5, 5.41) is 6.79. The molecule has 3 rings (SSSR count). The lowest BCUT2D eigenvalue weighted by molar-refractivity contribution is -0.123. The Bertz CT molecular complexity index is 357. The van der Waals surface area contributed by atoms with Crippen molar-refractivity contribution < 1.29 is 4.79 Å². The van der Waals surface area contributed by atoms with Crippen LogP contribution in [0, 0.1) is 5.92 Å². The summed E-state index contributed by atoms with van der Waals surface area (Å²) in [5.74, 6) is 0.878. The van der Waals surface area contributed by atoms with Gasteiger partial charge in [-0.15, -0.1) is 0 Å². The number of fused-ring (bicyclic) bond motifs is 1. The van der Waals surface area contributed by atoms with Gasteiger partial charge in [-0.2, -0.15) is 0 Å². The maximum absolute atomic E-state index is 12.4. The van der Waals surface area contributed by atoms with Crippen molar-refractivity contribution in [3.05, 3.63) is 0 Å². The van der Waals surface area contributed by atoms with Gasteiger partial charge in [0.1, 0.15) is 0 Å². The molecule has 0 spiro atoms. The molecule has 3 fully saturated rings. The van der Waals surface area contributed by atoms with E-state index in [1.54, 1.807) is 0 Å². The molecule has 3 aliphatic rings. The SMILES string of the molecule is NC1CCC(NC(=O)C2CC3CCCC(Br)C3N2)CC1. The summed E-state index contributed by atoms with van der Waals surface area (Å²) in [6.07, 6.45) is 8.93. The number of rotatable bonds is 2. The molecule has 1 aliphatic heterocycles. The van der Waals surface area contributed by atoms with Crippen molar-refractivity contribution in [1.29, 1.82) is 0 Å². The minimum atomic E-state index is 0.0127. The van der Waals surface area contributed by atoms with Crippen molar-refractivity contribution in [3.8, 4) is 0 Å². The number of nitrogens with two attached hydrogens (primary N) is 1. The lowest BCUT2D eigenvalue weighted by Crippen LogP contribution is -2.49. The van der Waals surface area contributed by atoms with Crippen molar-refractivity contribution in [2.75, 3.05) is 0 Å². The highest BCUT2D eigenvalue weighted by molar-refractivity contribution is 9.09. The van der Waals surface area contributed by atoms with Crippen LogP contribution in [0.3, 0.4) is 0 Å². The first-order valence-electron chi connectivity index (χ1n) is 8.09. The van der Waals surface area contributed by atoms with Crippen LogP contribution in [0.2, 0.25) is 0 Å². The Morgan fingerprint density at radius 1 is 1.15 bits per heavy atom. The molecule has 1 amide bonds. The van der Waals surface area contributed by atoms with Crippen LogP contribution < -0.4 is 16.4 Å². The van der Waals surface area contributed by atoms with Gasteiger partial charge >= 0.3 is 0 Å². The molecule has 0 aromatic rings. The molecule has 0 radical (unpaired) electrons. The number of carbonyl (C=O) groups excluding carboxylic acids is 1. The lowest BCUT2D eigenvalue weighted by atomic mass is 9.85. The van der Waals surface area contributed by atoms with E-state index in [0.29, 0.717) is 28.9 Å². The predicted octanol–water partition coefficient (Wildman–Crippen LogP) is 1.67. The van der Waals surface area contributed by atoms with Crippen LogP contribution in [0.15, 0.2) is 0 Å². The van der Waals surface area contributed by atoms with Crippen LogP contribution in [0.25, 0.3) is 0 Å². The van der Waals surface area contributed by atoms with Gasteiger partial charge in [-0.3, -0.25) is 4.79 Å². The molecule has 20 heavy (non-hydrogen) atoms. The number of carbonyl (C=O) groups is 1. The van der Waals surface area contributed by atoms with Gasteiger partial charge in [0.25, 0.3) is 0 Å². The van der Waals surface area contributed by atoms with E-state index < -0.39 is 0 Å². The third-order valence-electron chi connectivity index (χ3n) is 5.32. The predicted molar refractivity (Wildman–Crippen MR) is 83.8 cm³/mol. The fourth-order valence-corrected chi connectivity index (χ4v) is 4.99. The molecule has 5 heteroatoms. The zero-order valence-corrected chi connectivity index (χ0v) is 13.6. The molecule has 0 aromatic heterocycles. The molecule has 2 aliphatic carbocycles. The van der Waals surface area contributed by atoms with E-state index in [-0.39, 0.29) is 11.9 Å². The summed E-state index contributed by atoms with van der Waals surface area (Å²) in [6.45, 7) is 0. The molecule has 114 valence electrons. The molecule has 0 bridgehead atoms. The highest BCUT2D eigenvalue weighted by Crippen LogP contribution is 2.36. The minimum Gasteiger partial charge on any atom is -0.352 e. The number of hydrogen-bond acceptors (Lipinski definition) is 3. The summed E-state index contributed by atoms with van der Waals surface area (Å²) in [5.41, 5.74) is 5.91. The van der Waals surface area contributed by atoms with Crippen molar-refractivity contribution in [1.82, 2.24) is 10.6 Å². The number of halogens is 1. The summed E-state index contributed by atoms with van der Waals surface area (Å²) in [7, 11) is 0. The highest BCUT2D eigenvalue weighted by Gasteiger charge is 2.42. The van der Waals surface area contributed by atoms with E-state index in [0.717, 1.165) is 32.1 Å². The maximum atomic E-state index is 12.4. The van der Waals surface area contributed by atoms with Crippen LogP contribution in [0.1, 0.15) is 51.4 Å². The number of hydrogen-bond donors (Lipinski definition) is 3. The van der Waals surface area contributed by atoms with Gasteiger partial charge in [-0.05, 0) is 50.9 Å². The number of nitrogens with one attached hydrogen (secondary N) is 2. The van der Waals surface area contributed by atoms with E-state index in [1.807, 2.05) is 0 Å².